The van der Waals surface area contributed by atoms with Gasteiger partial charge in [0.05, 0.1) is 11.2 Å². The molecule has 3 rings (SSSR count). The second kappa shape index (κ2) is 4.18. The molecular formula is C15H15N3. The minimum Gasteiger partial charge on any atom is -0.397 e. The van der Waals surface area contributed by atoms with E-state index < -0.39 is 0 Å². The van der Waals surface area contributed by atoms with Crippen LogP contribution in [0, 0.1) is 6.92 Å². The molecule has 2 aromatic carbocycles. The minimum absolute atomic E-state index is 0.737. The van der Waals surface area contributed by atoms with Crippen molar-refractivity contribution in [2.75, 3.05) is 5.73 Å². The molecular weight excluding hydrogens is 222 g/mol. The summed E-state index contributed by atoms with van der Waals surface area (Å²) in [5.74, 6) is 0.952. The molecule has 0 saturated carbocycles. The zero-order chi connectivity index (χ0) is 12.5. The molecule has 0 atom stereocenters. The first-order valence-corrected chi connectivity index (χ1v) is 6.01. The summed E-state index contributed by atoms with van der Waals surface area (Å²) in [5.41, 5.74) is 11.0. The summed E-state index contributed by atoms with van der Waals surface area (Å²) in [6.45, 7) is 2.04. The van der Waals surface area contributed by atoms with E-state index in [1.54, 1.807) is 0 Å². The molecule has 1 aromatic heterocycles. The van der Waals surface area contributed by atoms with E-state index >= 15 is 0 Å². The van der Waals surface area contributed by atoms with Crippen LogP contribution in [0.4, 0.5) is 5.69 Å². The van der Waals surface area contributed by atoms with Crippen LogP contribution >= 0.6 is 0 Å². The molecule has 1 heterocycles. The Balaban J connectivity index is 2.01. The van der Waals surface area contributed by atoms with Crippen molar-refractivity contribution >= 4 is 16.7 Å². The van der Waals surface area contributed by atoms with Gasteiger partial charge < -0.3 is 10.7 Å². The van der Waals surface area contributed by atoms with E-state index in [1.807, 2.05) is 31.2 Å². The van der Waals surface area contributed by atoms with Crippen LogP contribution in [-0.2, 0) is 6.42 Å². The molecule has 0 aliphatic carbocycles. The van der Waals surface area contributed by atoms with Crippen molar-refractivity contribution in [3.8, 4) is 0 Å². The molecule has 0 aliphatic heterocycles. The van der Waals surface area contributed by atoms with Gasteiger partial charge in [-0.25, -0.2) is 4.98 Å². The number of hydrogen-bond acceptors (Lipinski definition) is 2. The molecule has 0 saturated heterocycles. The number of anilines is 1. The van der Waals surface area contributed by atoms with Gasteiger partial charge in [-0.3, -0.25) is 0 Å². The third-order valence-electron chi connectivity index (χ3n) is 3.02. The van der Waals surface area contributed by atoms with Crippen molar-refractivity contribution in [3.63, 3.8) is 0 Å². The smallest absolute Gasteiger partial charge is 0.111 e. The third kappa shape index (κ3) is 1.95. The van der Waals surface area contributed by atoms with Crippen molar-refractivity contribution in [3.05, 3.63) is 59.4 Å². The summed E-state index contributed by atoms with van der Waals surface area (Å²) >= 11 is 0. The van der Waals surface area contributed by atoms with Gasteiger partial charge in [0.2, 0.25) is 0 Å². The first-order valence-electron chi connectivity index (χ1n) is 6.01. The first kappa shape index (κ1) is 10.8. The molecule has 0 aliphatic rings. The number of nitrogen functional groups attached to an aromatic ring is 1. The van der Waals surface area contributed by atoms with Gasteiger partial charge in [0.15, 0.2) is 0 Å². The molecule has 3 heteroatoms. The lowest BCUT2D eigenvalue weighted by Crippen LogP contribution is -1.90. The van der Waals surface area contributed by atoms with Gasteiger partial charge in [0, 0.05) is 6.42 Å². The van der Waals surface area contributed by atoms with Gasteiger partial charge in [0.25, 0.3) is 0 Å². The fraction of sp³-hybridized carbons (Fsp3) is 0.133. The highest BCUT2D eigenvalue weighted by Crippen LogP contribution is 2.21. The number of aryl methyl sites for hydroxylation is 1. The van der Waals surface area contributed by atoms with E-state index in [0.717, 1.165) is 34.5 Å². The number of hydrogen-bond donors (Lipinski definition) is 2. The predicted molar refractivity (Wildman–Crippen MR) is 74.5 cm³/mol. The maximum absolute atomic E-state index is 5.98. The average Bonchev–Trinajstić information content (AvgIpc) is 2.73. The third-order valence-corrected chi connectivity index (χ3v) is 3.02. The SMILES string of the molecule is Cc1cc(N)c2nc(Cc3ccccc3)[nH]c2c1. The number of H-pyrrole nitrogens is 1. The van der Waals surface area contributed by atoms with Crippen LogP contribution in [0.3, 0.4) is 0 Å². The number of aromatic nitrogens is 2. The van der Waals surface area contributed by atoms with Crippen LogP contribution in [0.5, 0.6) is 0 Å². The highest BCUT2D eigenvalue weighted by atomic mass is 14.9. The number of rotatable bonds is 2. The highest BCUT2D eigenvalue weighted by Gasteiger charge is 2.07. The summed E-state index contributed by atoms with van der Waals surface area (Å²) in [6, 6.07) is 14.3. The van der Waals surface area contributed by atoms with Gasteiger partial charge >= 0.3 is 0 Å². The van der Waals surface area contributed by atoms with Crippen molar-refractivity contribution in [2.45, 2.75) is 13.3 Å². The van der Waals surface area contributed by atoms with E-state index in [0.29, 0.717) is 0 Å². The molecule has 18 heavy (non-hydrogen) atoms. The molecule has 0 radical (unpaired) electrons. The monoisotopic (exact) mass is 237 g/mol. The van der Waals surface area contributed by atoms with Crippen LogP contribution in [0.25, 0.3) is 11.0 Å². The number of nitrogens with zero attached hydrogens (tertiary/aromatic N) is 1. The first-order chi connectivity index (χ1) is 8.72. The molecule has 0 bridgehead atoms. The molecule has 3 nitrogen and oxygen atoms in total. The van der Waals surface area contributed by atoms with Crippen LogP contribution < -0.4 is 5.73 Å². The molecule has 0 fully saturated rings. The molecule has 3 aromatic rings. The normalized spacial score (nSPS) is 10.9. The Kier molecular flexibility index (Phi) is 2.52. The van der Waals surface area contributed by atoms with Crippen LogP contribution in [0.2, 0.25) is 0 Å². The lowest BCUT2D eigenvalue weighted by atomic mass is 10.1. The fourth-order valence-electron chi connectivity index (χ4n) is 2.22. The van der Waals surface area contributed by atoms with Gasteiger partial charge in [-0.1, -0.05) is 30.3 Å². The quantitative estimate of drug-likeness (QED) is 0.673. The Bertz CT molecular complexity index is 684. The average molecular weight is 237 g/mol. The predicted octanol–water partition coefficient (Wildman–Crippen LogP) is 3.04. The van der Waals surface area contributed by atoms with E-state index in [1.165, 1.54) is 5.56 Å². The number of aromatic amines is 1. The Morgan fingerprint density at radius 1 is 1.17 bits per heavy atom. The molecule has 0 amide bonds. The largest absolute Gasteiger partial charge is 0.397 e. The van der Waals surface area contributed by atoms with Crippen LogP contribution in [-0.4, -0.2) is 9.97 Å². The van der Waals surface area contributed by atoms with E-state index in [4.69, 9.17) is 5.73 Å². The Morgan fingerprint density at radius 3 is 2.72 bits per heavy atom. The van der Waals surface area contributed by atoms with Crippen LogP contribution in [0.15, 0.2) is 42.5 Å². The summed E-state index contributed by atoms with van der Waals surface area (Å²) in [7, 11) is 0. The van der Waals surface area contributed by atoms with E-state index in [-0.39, 0.29) is 0 Å². The molecule has 90 valence electrons. The topological polar surface area (TPSA) is 54.7 Å². The minimum atomic E-state index is 0.737. The van der Waals surface area contributed by atoms with Gasteiger partial charge in [-0.2, -0.15) is 0 Å². The van der Waals surface area contributed by atoms with E-state index in [2.05, 4.69) is 28.2 Å². The van der Waals surface area contributed by atoms with Crippen molar-refractivity contribution in [1.82, 2.24) is 9.97 Å². The zero-order valence-electron chi connectivity index (χ0n) is 10.3. The molecule has 0 spiro atoms. The Hall–Kier alpha value is -2.29. The number of nitrogens with two attached hydrogens (primary N) is 1. The summed E-state index contributed by atoms with van der Waals surface area (Å²) < 4.78 is 0. The van der Waals surface area contributed by atoms with E-state index in [9.17, 15) is 0 Å². The number of imidazole rings is 1. The maximum Gasteiger partial charge on any atom is 0.111 e. The van der Waals surface area contributed by atoms with Crippen LogP contribution in [0.1, 0.15) is 17.0 Å². The summed E-state index contributed by atoms with van der Waals surface area (Å²) in [4.78, 5) is 7.90. The van der Waals surface area contributed by atoms with Gasteiger partial charge in [-0.05, 0) is 30.2 Å². The van der Waals surface area contributed by atoms with Gasteiger partial charge in [-0.15, -0.1) is 0 Å². The van der Waals surface area contributed by atoms with Crippen molar-refractivity contribution in [2.24, 2.45) is 0 Å². The van der Waals surface area contributed by atoms with Gasteiger partial charge in [0.1, 0.15) is 11.3 Å². The highest BCUT2D eigenvalue weighted by molar-refractivity contribution is 5.87. The lowest BCUT2D eigenvalue weighted by Gasteiger charge is -1.96. The number of nitrogens with one attached hydrogen (secondary N) is 1. The second-order valence-corrected chi connectivity index (χ2v) is 4.60. The lowest BCUT2D eigenvalue weighted by molar-refractivity contribution is 1.04. The fourth-order valence-corrected chi connectivity index (χ4v) is 2.22. The van der Waals surface area contributed by atoms with Crippen molar-refractivity contribution in [1.29, 1.82) is 0 Å². The summed E-state index contributed by atoms with van der Waals surface area (Å²) in [5, 5.41) is 0. The second-order valence-electron chi connectivity index (χ2n) is 4.60. The Labute approximate surface area is 106 Å². The standard InChI is InChI=1S/C15H15N3/c1-10-7-12(16)15-13(8-10)17-14(18-15)9-11-5-3-2-4-6-11/h2-8H,9,16H2,1H3,(H,17,18). The van der Waals surface area contributed by atoms with Crippen molar-refractivity contribution < 1.29 is 0 Å². The maximum atomic E-state index is 5.98. The number of fused-ring (bicyclic) bond motifs is 1. The Morgan fingerprint density at radius 2 is 1.94 bits per heavy atom. The number of benzene rings is 2. The molecule has 0 unspecified atom stereocenters. The zero-order valence-corrected chi connectivity index (χ0v) is 10.3. The summed E-state index contributed by atoms with van der Waals surface area (Å²) in [6.07, 6.45) is 0.800. The molecule has 3 N–H and O–H groups in total.